The molecule has 3 aliphatic heterocycles. The Balaban J connectivity index is 1.52. The second kappa shape index (κ2) is 5.85. The quantitative estimate of drug-likeness (QED) is 0.880. The molecule has 0 unspecified atom stereocenters. The third kappa shape index (κ3) is 3.16. The Morgan fingerprint density at radius 2 is 1.35 bits per heavy atom. The number of H-pyrrole nitrogens is 1. The first-order valence-corrected chi connectivity index (χ1v) is 7.37. The number of aromatic nitrogens is 1. The molecule has 0 bridgehead atoms. The zero-order valence-corrected chi connectivity index (χ0v) is 12.3. The SMILES string of the molecule is C1=CC(=CC2=NC(=Cc3ccc(C=C4C=CC=N4)[nH]3)C=C2)N=C1. The highest BCUT2D eigenvalue weighted by atomic mass is 14.8. The van der Waals surface area contributed by atoms with Gasteiger partial charge in [-0.05, 0) is 66.8 Å². The third-order valence-electron chi connectivity index (χ3n) is 3.47. The first-order chi connectivity index (χ1) is 11.3. The van der Waals surface area contributed by atoms with Crippen molar-refractivity contribution < 1.29 is 0 Å². The number of rotatable bonds is 3. The van der Waals surface area contributed by atoms with Crippen LogP contribution in [-0.2, 0) is 0 Å². The molecule has 3 aliphatic rings. The summed E-state index contributed by atoms with van der Waals surface area (Å²) in [5.74, 6) is 0. The molecule has 0 saturated carbocycles. The minimum Gasteiger partial charge on any atom is -0.355 e. The molecule has 4 heteroatoms. The normalized spacial score (nSPS) is 23.3. The van der Waals surface area contributed by atoms with Crippen LogP contribution in [0.15, 0.2) is 86.7 Å². The van der Waals surface area contributed by atoms with Gasteiger partial charge < -0.3 is 4.98 Å². The molecule has 1 N–H and O–H groups in total. The maximum atomic E-state index is 4.57. The summed E-state index contributed by atoms with van der Waals surface area (Å²) >= 11 is 0. The van der Waals surface area contributed by atoms with Crippen LogP contribution in [0.3, 0.4) is 0 Å². The van der Waals surface area contributed by atoms with Gasteiger partial charge in [-0.25, -0.2) is 4.99 Å². The summed E-state index contributed by atoms with van der Waals surface area (Å²) < 4.78 is 0. The number of aliphatic imine (C=N–C) groups is 3. The lowest BCUT2D eigenvalue weighted by atomic mass is 10.3. The molecule has 110 valence electrons. The summed E-state index contributed by atoms with van der Waals surface area (Å²) in [5.41, 5.74) is 5.74. The Bertz CT molecular complexity index is 881. The predicted molar refractivity (Wildman–Crippen MR) is 96.7 cm³/mol. The van der Waals surface area contributed by atoms with Gasteiger partial charge in [0.15, 0.2) is 0 Å². The second-order valence-corrected chi connectivity index (χ2v) is 5.22. The van der Waals surface area contributed by atoms with Crippen molar-refractivity contribution in [3.05, 3.63) is 83.1 Å². The first kappa shape index (κ1) is 13.4. The average Bonchev–Trinajstić information content (AvgIpc) is 3.31. The lowest BCUT2D eigenvalue weighted by Crippen LogP contribution is -1.84. The Labute approximate surface area is 134 Å². The average molecular weight is 298 g/mol. The number of allylic oxidation sites excluding steroid dienone is 7. The molecule has 0 spiro atoms. The molecule has 4 nitrogen and oxygen atoms in total. The molecule has 4 rings (SSSR count). The van der Waals surface area contributed by atoms with Crippen LogP contribution in [0.4, 0.5) is 0 Å². The van der Waals surface area contributed by atoms with Crippen molar-refractivity contribution in [1.82, 2.24) is 4.98 Å². The summed E-state index contributed by atoms with van der Waals surface area (Å²) in [5, 5.41) is 0. The maximum Gasteiger partial charge on any atom is 0.0659 e. The number of aromatic amines is 1. The van der Waals surface area contributed by atoms with Gasteiger partial charge in [0.1, 0.15) is 0 Å². The van der Waals surface area contributed by atoms with Gasteiger partial charge >= 0.3 is 0 Å². The maximum absolute atomic E-state index is 4.57. The fourth-order valence-corrected chi connectivity index (χ4v) is 2.42. The monoisotopic (exact) mass is 298 g/mol. The highest BCUT2D eigenvalue weighted by Crippen LogP contribution is 2.17. The van der Waals surface area contributed by atoms with E-state index < -0.39 is 0 Å². The van der Waals surface area contributed by atoms with E-state index >= 15 is 0 Å². The minimum absolute atomic E-state index is 0.911. The fraction of sp³-hybridized carbons (Fsp3) is 0. The summed E-state index contributed by atoms with van der Waals surface area (Å²) in [7, 11) is 0. The summed E-state index contributed by atoms with van der Waals surface area (Å²) in [6.07, 6.45) is 21.3. The van der Waals surface area contributed by atoms with Crippen molar-refractivity contribution in [2.75, 3.05) is 0 Å². The third-order valence-corrected chi connectivity index (χ3v) is 3.47. The van der Waals surface area contributed by atoms with E-state index in [0.717, 1.165) is 34.2 Å². The molecule has 23 heavy (non-hydrogen) atoms. The Kier molecular flexibility index (Phi) is 3.41. The Hall–Kier alpha value is -3.27. The van der Waals surface area contributed by atoms with E-state index in [0.29, 0.717) is 0 Å². The van der Waals surface area contributed by atoms with Gasteiger partial charge in [-0.15, -0.1) is 0 Å². The lowest BCUT2D eigenvalue weighted by Gasteiger charge is -1.92. The molecule has 1 aromatic rings. The number of nitrogens with zero attached hydrogens (tertiary/aromatic N) is 3. The summed E-state index contributed by atoms with van der Waals surface area (Å²) in [6, 6.07) is 4.07. The van der Waals surface area contributed by atoms with Crippen molar-refractivity contribution in [3.63, 3.8) is 0 Å². The predicted octanol–water partition coefficient (Wildman–Crippen LogP) is 3.87. The van der Waals surface area contributed by atoms with Gasteiger partial charge in [0.05, 0.1) is 22.8 Å². The van der Waals surface area contributed by atoms with Crippen LogP contribution >= 0.6 is 0 Å². The first-order valence-electron chi connectivity index (χ1n) is 7.37. The lowest BCUT2D eigenvalue weighted by molar-refractivity contribution is 1.32. The summed E-state index contributed by atoms with van der Waals surface area (Å²) in [6.45, 7) is 0. The minimum atomic E-state index is 0.911. The van der Waals surface area contributed by atoms with E-state index in [9.17, 15) is 0 Å². The van der Waals surface area contributed by atoms with Crippen LogP contribution in [0.2, 0.25) is 0 Å². The molecular formula is C19H14N4. The largest absolute Gasteiger partial charge is 0.355 e. The van der Waals surface area contributed by atoms with Crippen LogP contribution in [-0.4, -0.2) is 23.1 Å². The second-order valence-electron chi connectivity index (χ2n) is 5.22. The van der Waals surface area contributed by atoms with Gasteiger partial charge in [0.2, 0.25) is 0 Å². The number of hydrogen-bond donors (Lipinski definition) is 1. The molecular weight excluding hydrogens is 284 g/mol. The molecule has 0 radical (unpaired) electrons. The molecule has 0 fully saturated rings. The highest BCUT2D eigenvalue weighted by molar-refractivity contribution is 6.08. The summed E-state index contributed by atoms with van der Waals surface area (Å²) in [4.78, 5) is 16.4. The van der Waals surface area contributed by atoms with Gasteiger partial charge in [-0.3, -0.25) is 9.98 Å². The molecule has 0 atom stereocenters. The molecule has 0 amide bonds. The van der Waals surface area contributed by atoms with E-state index in [4.69, 9.17) is 0 Å². The van der Waals surface area contributed by atoms with Crippen molar-refractivity contribution in [2.24, 2.45) is 15.0 Å². The van der Waals surface area contributed by atoms with Crippen molar-refractivity contribution in [2.45, 2.75) is 0 Å². The van der Waals surface area contributed by atoms with Crippen molar-refractivity contribution in [3.8, 4) is 0 Å². The van der Waals surface area contributed by atoms with Gasteiger partial charge in [0.25, 0.3) is 0 Å². The van der Waals surface area contributed by atoms with E-state index in [1.807, 2.05) is 66.8 Å². The van der Waals surface area contributed by atoms with Gasteiger partial charge in [-0.1, -0.05) is 0 Å². The Morgan fingerprint density at radius 3 is 2.00 bits per heavy atom. The molecule has 1 aromatic heterocycles. The highest BCUT2D eigenvalue weighted by Gasteiger charge is 2.05. The molecule has 0 aromatic carbocycles. The Morgan fingerprint density at radius 1 is 0.696 bits per heavy atom. The van der Waals surface area contributed by atoms with Crippen LogP contribution in [0.5, 0.6) is 0 Å². The van der Waals surface area contributed by atoms with Crippen molar-refractivity contribution >= 4 is 30.3 Å². The van der Waals surface area contributed by atoms with Crippen LogP contribution in [0.1, 0.15) is 11.4 Å². The standard InChI is InChI=1S/C19H14N4/c1-3-14(20-9-1)11-16-5-7-18(22-16)13-19-8-6-17(23-19)12-15-4-2-10-21-15/h1-13,22H. The topological polar surface area (TPSA) is 52.9 Å². The fourth-order valence-electron chi connectivity index (χ4n) is 2.42. The van der Waals surface area contributed by atoms with Gasteiger partial charge in [-0.2, -0.15) is 0 Å². The van der Waals surface area contributed by atoms with E-state index in [-0.39, 0.29) is 0 Å². The number of hydrogen-bond acceptors (Lipinski definition) is 3. The van der Waals surface area contributed by atoms with Crippen LogP contribution < -0.4 is 0 Å². The molecule has 0 saturated heterocycles. The van der Waals surface area contributed by atoms with Gasteiger partial charge in [0, 0.05) is 23.8 Å². The van der Waals surface area contributed by atoms with Crippen molar-refractivity contribution in [1.29, 1.82) is 0 Å². The molecule has 0 aliphatic carbocycles. The smallest absolute Gasteiger partial charge is 0.0659 e. The van der Waals surface area contributed by atoms with E-state index in [1.165, 1.54) is 0 Å². The van der Waals surface area contributed by atoms with Crippen LogP contribution in [0, 0.1) is 0 Å². The van der Waals surface area contributed by atoms with E-state index in [2.05, 4.69) is 20.0 Å². The number of nitrogens with one attached hydrogen (secondary N) is 1. The zero-order chi connectivity index (χ0) is 15.5. The zero-order valence-electron chi connectivity index (χ0n) is 12.3. The van der Waals surface area contributed by atoms with E-state index in [1.54, 1.807) is 12.4 Å². The molecule has 4 heterocycles. The van der Waals surface area contributed by atoms with Crippen LogP contribution in [0.25, 0.3) is 12.2 Å².